The summed E-state index contributed by atoms with van der Waals surface area (Å²) in [5, 5.41) is 0.339. The van der Waals surface area contributed by atoms with Crippen molar-refractivity contribution in [2.24, 2.45) is 0 Å². The lowest BCUT2D eigenvalue weighted by Crippen LogP contribution is -2.24. The minimum absolute atomic E-state index is 0.208. The highest BCUT2D eigenvalue weighted by atomic mass is 28.2. The number of hydrogen-bond donors (Lipinski definition) is 0. The molecule has 74 valence electrons. The Labute approximate surface area is 77.3 Å². The molecule has 3 nitrogen and oxygen atoms in total. The minimum atomic E-state index is -0.472. The molecule has 0 fully saturated rings. The molecule has 0 aromatic rings. The van der Waals surface area contributed by atoms with E-state index in [4.69, 9.17) is 13.9 Å². The smallest absolute Gasteiger partial charge is 0.178 e. The molecule has 0 atom stereocenters. The molecule has 0 saturated carbocycles. The van der Waals surface area contributed by atoms with Crippen LogP contribution in [0.4, 0.5) is 0 Å². The van der Waals surface area contributed by atoms with Crippen LogP contribution >= 0.6 is 0 Å². The molecule has 0 aromatic carbocycles. The van der Waals surface area contributed by atoms with Gasteiger partial charge in [-0.1, -0.05) is 20.8 Å². The van der Waals surface area contributed by atoms with E-state index in [0.717, 1.165) is 0 Å². The van der Waals surface area contributed by atoms with Crippen molar-refractivity contribution < 1.29 is 13.9 Å². The Morgan fingerprint density at radius 3 is 2.00 bits per heavy atom. The SMILES string of the molecule is COC(CO[SiH2]C(C)(C)C)OC. The van der Waals surface area contributed by atoms with Gasteiger partial charge in [-0.3, -0.25) is 0 Å². The molecular weight excluding hydrogens is 172 g/mol. The molecule has 0 radical (unpaired) electrons. The van der Waals surface area contributed by atoms with E-state index in [9.17, 15) is 0 Å². The fraction of sp³-hybridized carbons (Fsp3) is 1.00. The summed E-state index contributed by atoms with van der Waals surface area (Å²) in [7, 11) is 2.77. The highest BCUT2D eigenvalue weighted by Crippen LogP contribution is 2.19. The van der Waals surface area contributed by atoms with Gasteiger partial charge in [-0.15, -0.1) is 0 Å². The van der Waals surface area contributed by atoms with Crippen LogP contribution in [0, 0.1) is 0 Å². The number of rotatable bonds is 5. The molecular formula is C8H20O3Si. The summed E-state index contributed by atoms with van der Waals surface area (Å²) in [4.78, 5) is 0. The minimum Gasteiger partial charge on any atom is -0.418 e. The van der Waals surface area contributed by atoms with Crippen molar-refractivity contribution in [3.63, 3.8) is 0 Å². The third kappa shape index (κ3) is 6.79. The van der Waals surface area contributed by atoms with E-state index in [1.165, 1.54) is 0 Å². The predicted octanol–water partition coefficient (Wildman–Crippen LogP) is 0.924. The summed E-state index contributed by atoms with van der Waals surface area (Å²) in [6.45, 7) is 7.12. The lowest BCUT2D eigenvalue weighted by molar-refractivity contribution is -0.122. The molecule has 0 aliphatic carbocycles. The Kier molecular flexibility index (Phi) is 5.74. The first-order valence-electron chi connectivity index (χ1n) is 4.13. The van der Waals surface area contributed by atoms with Gasteiger partial charge in [-0.05, 0) is 5.04 Å². The van der Waals surface area contributed by atoms with Crippen LogP contribution in [0.15, 0.2) is 0 Å². The molecule has 0 aliphatic heterocycles. The van der Waals surface area contributed by atoms with Crippen LogP contribution < -0.4 is 0 Å². The van der Waals surface area contributed by atoms with Gasteiger partial charge < -0.3 is 13.9 Å². The summed E-state index contributed by atoms with van der Waals surface area (Å²) in [6.07, 6.45) is -0.208. The first kappa shape index (κ1) is 12.1. The van der Waals surface area contributed by atoms with Crippen molar-refractivity contribution in [2.75, 3.05) is 20.8 Å². The zero-order chi connectivity index (χ0) is 9.61. The molecule has 0 N–H and O–H groups in total. The fourth-order valence-corrected chi connectivity index (χ4v) is 1.62. The Morgan fingerprint density at radius 2 is 1.67 bits per heavy atom. The van der Waals surface area contributed by atoms with Crippen LogP contribution in [0.25, 0.3) is 0 Å². The van der Waals surface area contributed by atoms with Gasteiger partial charge in [0.25, 0.3) is 0 Å². The van der Waals surface area contributed by atoms with Gasteiger partial charge in [-0.25, -0.2) is 0 Å². The molecule has 0 aliphatic rings. The van der Waals surface area contributed by atoms with E-state index < -0.39 is 9.76 Å². The zero-order valence-corrected chi connectivity index (χ0v) is 10.1. The topological polar surface area (TPSA) is 27.7 Å². The molecule has 0 saturated heterocycles. The maximum absolute atomic E-state index is 5.53. The van der Waals surface area contributed by atoms with E-state index in [-0.39, 0.29) is 6.29 Å². The molecule has 0 bridgehead atoms. The summed E-state index contributed by atoms with van der Waals surface area (Å²) >= 11 is 0. The van der Waals surface area contributed by atoms with Gasteiger partial charge in [-0.2, -0.15) is 0 Å². The van der Waals surface area contributed by atoms with Crippen LogP contribution in [-0.4, -0.2) is 36.9 Å². The monoisotopic (exact) mass is 192 g/mol. The van der Waals surface area contributed by atoms with Crippen molar-refractivity contribution in [1.82, 2.24) is 0 Å². The molecule has 0 rings (SSSR count). The second-order valence-electron chi connectivity index (χ2n) is 3.98. The van der Waals surface area contributed by atoms with E-state index >= 15 is 0 Å². The van der Waals surface area contributed by atoms with Gasteiger partial charge in [0, 0.05) is 14.2 Å². The van der Waals surface area contributed by atoms with Crippen LogP contribution in [0.5, 0.6) is 0 Å². The van der Waals surface area contributed by atoms with Gasteiger partial charge in [0.2, 0.25) is 0 Å². The third-order valence-electron chi connectivity index (χ3n) is 1.31. The molecule has 0 spiro atoms. The molecule has 4 heteroatoms. The molecule has 12 heavy (non-hydrogen) atoms. The van der Waals surface area contributed by atoms with E-state index in [0.29, 0.717) is 11.6 Å². The Hall–Kier alpha value is 0.0969. The summed E-state index contributed by atoms with van der Waals surface area (Å²) in [6, 6.07) is 0. The number of hydrogen-bond acceptors (Lipinski definition) is 3. The highest BCUT2D eigenvalue weighted by molar-refractivity contribution is 6.31. The average Bonchev–Trinajstić information content (AvgIpc) is 1.96. The summed E-state index contributed by atoms with van der Waals surface area (Å²) in [5.41, 5.74) is 0. The van der Waals surface area contributed by atoms with Crippen molar-refractivity contribution in [1.29, 1.82) is 0 Å². The van der Waals surface area contributed by atoms with E-state index in [2.05, 4.69) is 20.8 Å². The Balaban J connectivity index is 3.41. The molecule has 0 heterocycles. The molecule has 0 aromatic heterocycles. The largest absolute Gasteiger partial charge is 0.418 e. The molecule has 0 amide bonds. The van der Waals surface area contributed by atoms with Crippen molar-refractivity contribution in [2.45, 2.75) is 32.1 Å². The summed E-state index contributed by atoms with van der Waals surface area (Å²) in [5.74, 6) is 0. The first-order chi connectivity index (χ1) is 5.49. The zero-order valence-electron chi connectivity index (χ0n) is 8.72. The van der Waals surface area contributed by atoms with Crippen LogP contribution in [-0.2, 0) is 13.9 Å². The lowest BCUT2D eigenvalue weighted by atomic mass is 10.3. The number of ether oxygens (including phenoxy) is 2. The van der Waals surface area contributed by atoms with Crippen LogP contribution in [0.3, 0.4) is 0 Å². The Morgan fingerprint density at radius 1 is 1.17 bits per heavy atom. The predicted molar refractivity (Wildman–Crippen MR) is 52.0 cm³/mol. The third-order valence-corrected chi connectivity index (χ3v) is 2.62. The second-order valence-corrected chi connectivity index (χ2v) is 6.79. The van der Waals surface area contributed by atoms with Crippen LogP contribution in [0.1, 0.15) is 20.8 Å². The van der Waals surface area contributed by atoms with E-state index in [1.54, 1.807) is 14.2 Å². The van der Waals surface area contributed by atoms with Gasteiger partial charge in [0.15, 0.2) is 16.1 Å². The Bertz CT molecular complexity index is 107. The fourth-order valence-electron chi connectivity index (χ4n) is 0.694. The lowest BCUT2D eigenvalue weighted by Gasteiger charge is -2.19. The van der Waals surface area contributed by atoms with Gasteiger partial charge in [0.05, 0.1) is 6.61 Å². The second kappa shape index (κ2) is 5.69. The summed E-state index contributed by atoms with van der Waals surface area (Å²) < 4.78 is 15.5. The highest BCUT2D eigenvalue weighted by Gasteiger charge is 2.13. The van der Waals surface area contributed by atoms with Crippen molar-refractivity contribution >= 4 is 9.76 Å². The maximum atomic E-state index is 5.53. The van der Waals surface area contributed by atoms with Crippen molar-refractivity contribution in [3.05, 3.63) is 0 Å². The number of methoxy groups -OCH3 is 2. The maximum Gasteiger partial charge on any atom is 0.178 e. The normalized spacial score (nSPS) is 13.5. The van der Waals surface area contributed by atoms with Gasteiger partial charge >= 0.3 is 0 Å². The molecule has 0 unspecified atom stereocenters. The van der Waals surface area contributed by atoms with Gasteiger partial charge in [0.1, 0.15) is 0 Å². The standard InChI is InChI=1S/C8H20O3Si/c1-8(2,3)12-11-6-7(9-4)10-5/h7H,6,12H2,1-5H3. The van der Waals surface area contributed by atoms with Crippen molar-refractivity contribution in [3.8, 4) is 0 Å². The van der Waals surface area contributed by atoms with E-state index in [1.807, 2.05) is 0 Å². The quantitative estimate of drug-likeness (QED) is 0.479. The first-order valence-corrected chi connectivity index (χ1v) is 5.41. The average molecular weight is 192 g/mol. The van der Waals surface area contributed by atoms with Crippen LogP contribution in [0.2, 0.25) is 5.04 Å².